The molecular formula is C7H15N3O2S. The molecule has 0 fully saturated rings. The molecule has 0 heterocycles. The van der Waals surface area contributed by atoms with Gasteiger partial charge in [-0.2, -0.15) is 0 Å². The third-order valence-corrected chi connectivity index (χ3v) is 1.72. The first kappa shape index (κ1) is 12.2. The normalized spacial score (nSPS) is 13.1. The number of nitrogens with two attached hydrogens (primary N) is 1. The van der Waals surface area contributed by atoms with Gasteiger partial charge in [0.05, 0.1) is 6.34 Å². The monoisotopic (exact) mass is 205 g/mol. The van der Waals surface area contributed by atoms with Crippen molar-refractivity contribution >= 4 is 24.3 Å². The van der Waals surface area contributed by atoms with E-state index in [-0.39, 0.29) is 0 Å². The average molecular weight is 205 g/mol. The van der Waals surface area contributed by atoms with Crippen molar-refractivity contribution in [1.29, 1.82) is 0 Å². The number of hydrogen-bond acceptors (Lipinski definition) is 4. The molecule has 0 aromatic heterocycles. The summed E-state index contributed by atoms with van der Waals surface area (Å²) in [6.07, 6.45) is 4.65. The topological polar surface area (TPSA) is 87.7 Å². The first-order valence-electron chi connectivity index (χ1n) is 3.93. The standard InChI is InChI=1S/C7H15N3O2S/c1-13-10-5-9-4-2-3-6(8)7(11)12/h5-6H,2-4,8H2,1H3,(H,9,10)(H,11,12)/t6-/m0/s1. The molecule has 0 spiro atoms. The summed E-state index contributed by atoms with van der Waals surface area (Å²) in [6, 6.07) is -0.760. The molecule has 13 heavy (non-hydrogen) atoms. The lowest BCUT2D eigenvalue weighted by Crippen LogP contribution is -2.29. The summed E-state index contributed by atoms with van der Waals surface area (Å²) in [5.41, 5.74) is 5.29. The number of rotatable bonds is 7. The van der Waals surface area contributed by atoms with Crippen LogP contribution in [0.5, 0.6) is 0 Å². The van der Waals surface area contributed by atoms with Crippen LogP contribution in [0.15, 0.2) is 4.99 Å². The van der Waals surface area contributed by atoms with Crippen molar-refractivity contribution < 1.29 is 9.90 Å². The Kier molecular flexibility index (Phi) is 7.42. The summed E-state index contributed by atoms with van der Waals surface area (Å²) >= 11 is 1.45. The van der Waals surface area contributed by atoms with Crippen molar-refractivity contribution in [1.82, 2.24) is 4.72 Å². The lowest BCUT2D eigenvalue weighted by molar-refractivity contribution is -0.138. The molecule has 0 bridgehead atoms. The minimum absolute atomic E-state index is 0.464. The van der Waals surface area contributed by atoms with E-state index >= 15 is 0 Å². The predicted octanol–water partition coefficient (Wildman–Crippen LogP) is 0.0744. The molecule has 0 aromatic carbocycles. The van der Waals surface area contributed by atoms with Crippen LogP contribution in [0.25, 0.3) is 0 Å². The van der Waals surface area contributed by atoms with Crippen LogP contribution in [-0.2, 0) is 4.79 Å². The van der Waals surface area contributed by atoms with Gasteiger partial charge in [-0.1, -0.05) is 11.9 Å². The minimum atomic E-state index is -0.953. The van der Waals surface area contributed by atoms with Gasteiger partial charge >= 0.3 is 5.97 Å². The quantitative estimate of drug-likeness (QED) is 0.237. The molecule has 0 aliphatic carbocycles. The Labute approximate surface area is 81.9 Å². The first-order valence-corrected chi connectivity index (χ1v) is 5.16. The average Bonchev–Trinajstić information content (AvgIpc) is 2.10. The Morgan fingerprint density at radius 3 is 3.08 bits per heavy atom. The molecule has 1 atom stereocenters. The predicted molar refractivity (Wildman–Crippen MR) is 54.9 cm³/mol. The Morgan fingerprint density at radius 1 is 1.85 bits per heavy atom. The van der Waals surface area contributed by atoms with Gasteiger partial charge in [-0.05, 0) is 12.8 Å². The number of hydrogen-bond donors (Lipinski definition) is 3. The summed E-state index contributed by atoms with van der Waals surface area (Å²) in [7, 11) is 0. The molecule has 0 rings (SSSR count). The van der Waals surface area contributed by atoms with E-state index in [1.54, 1.807) is 6.34 Å². The van der Waals surface area contributed by atoms with Crippen molar-refractivity contribution in [3.63, 3.8) is 0 Å². The van der Waals surface area contributed by atoms with E-state index in [2.05, 4.69) is 9.71 Å². The van der Waals surface area contributed by atoms with Crippen molar-refractivity contribution in [3.05, 3.63) is 0 Å². The zero-order valence-electron chi connectivity index (χ0n) is 7.56. The third-order valence-electron chi connectivity index (χ3n) is 1.38. The van der Waals surface area contributed by atoms with Gasteiger partial charge in [0, 0.05) is 12.8 Å². The Morgan fingerprint density at radius 2 is 2.54 bits per heavy atom. The van der Waals surface area contributed by atoms with Gasteiger partial charge in [0.15, 0.2) is 0 Å². The molecule has 5 nitrogen and oxygen atoms in total. The molecule has 6 heteroatoms. The number of carbonyl (C=O) groups is 1. The molecule has 0 amide bonds. The van der Waals surface area contributed by atoms with E-state index in [1.165, 1.54) is 11.9 Å². The van der Waals surface area contributed by atoms with Crippen LogP contribution >= 0.6 is 11.9 Å². The van der Waals surface area contributed by atoms with Gasteiger partial charge in [-0.3, -0.25) is 9.79 Å². The number of carboxylic acid groups (broad SMARTS) is 1. The van der Waals surface area contributed by atoms with E-state index in [4.69, 9.17) is 10.8 Å². The maximum absolute atomic E-state index is 10.3. The zero-order valence-corrected chi connectivity index (χ0v) is 8.38. The third kappa shape index (κ3) is 7.61. The molecule has 4 N–H and O–H groups in total. The summed E-state index contributed by atoms with van der Waals surface area (Å²) in [4.78, 5) is 14.3. The van der Waals surface area contributed by atoms with Gasteiger partial charge in [0.25, 0.3) is 0 Å². The summed E-state index contributed by atoms with van der Waals surface area (Å²) in [6.45, 7) is 0.606. The smallest absolute Gasteiger partial charge is 0.320 e. The van der Waals surface area contributed by atoms with Crippen LogP contribution in [0.2, 0.25) is 0 Å². The largest absolute Gasteiger partial charge is 0.480 e. The van der Waals surface area contributed by atoms with Crippen molar-refractivity contribution in [3.8, 4) is 0 Å². The number of carboxylic acids is 1. The second-order valence-corrected chi connectivity index (χ2v) is 3.09. The van der Waals surface area contributed by atoms with E-state index < -0.39 is 12.0 Å². The SMILES string of the molecule is CSNC=NCCC[C@H](N)C(=O)O. The molecule has 0 radical (unpaired) electrons. The van der Waals surface area contributed by atoms with Gasteiger partial charge < -0.3 is 15.6 Å². The Bertz CT molecular complexity index is 175. The molecule has 0 aliphatic rings. The lowest BCUT2D eigenvalue weighted by atomic mass is 10.2. The summed E-state index contributed by atoms with van der Waals surface area (Å²) < 4.78 is 2.84. The van der Waals surface area contributed by atoms with Crippen LogP contribution in [0, 0.1) is 0 Å². The summed E-state index contributed by atoms with van der Waals surface area (Å²) in [5.74, 6) is -0.953. The van der Waals surface area contributed by atoms with Crippen LogP contribution in [-0.4, -0.2) is 36.3 Å². The van der Waals surface area contributed by atoms with Crippen LogP contribution in [0.1, 0.15) is 12.8 Å². The number of aliphatic carboxylic acids is 1. The lowest BCUT2D eigenvalue weighted by Gasteiger charge is -2.03. The van der Waals surface area contributed by atoms with E-state index in [9.17, 15) is 4.79 Å². The number of nitrogens with one attached hydrogen (secondary N) is 1. The molecule has 76 valence electrons. The first-order chi connectivity index (χ1) is 6.18. The summed E-state index contributed by atoms with van der Waals surface area (Å²) in [5, 5.41) is 8.44. The Hall–Kier alpha value is -0.750. The molecule has 0 unspecified atom stereocenters. The van der Waals surface area contributed by atoms with Crippen molar-refractivity contribution in [2.24, 2.45) is 10.7 Å². The van der Waals surface area contributed by atoms with Crippen molar-refractivity contribution in [2.45, 2.75) is 18.9 Å². The highest BCUT2D eigenvalue weighted by molar-refractivity contribution is 7.97. The Balaban J connectivity index is 3.30. The maximum atomic E-state index is 10.3. The fourth-order valence-electron chi connectivity index (χ4n) is 0.680. The molecule has 0 saturated carbocycles. The van der Waals surface area contributed by atoms with Crippen LogP contribution < -0.4 is 10.5 Å². The van der Waals surface area contributed by atoms with Gasteiger partial charge in [-0.25, -0.2) is 0 Å². The number of aliphatic imine (C=N–C) groups is 1. The highest BCUT2D eigenvalue weighted by atomic mass is 32.2. The maximum Gasteiger partial charge on any atom is 0.320 e. The van der Waals surface area contributed by atoms with Gasteiger partial charge in [0.1, 0.15) is 6.04 Å². The highest BCUT2D eigenvalue weighted by Crippen LogP contribution is 1.94. The van der Waals surface area contributed by atoms with Gasteiger partial charge in [-0.15, -0.1) is 0 Å². The van der Waals surface area contributed by atoms with Gasteiger partial charge in [0.2, 0.25) is 0 Å². The molecule has 0 saturated heterocycles. The highest BCUT2D eigenvalue weighted by Gasteiger charge is 2.09. The minimum Gasteiger partial charge on any atom is -0.480 e. The zero-order chi connectivity index (χ0) is 10.1. The van der Waals surface area contributed by atoms with Crippen molar-refractivity contribution in [2.75, 3.05) is 12.8 Å². The second-order valence-electron chi connectivity index (χ2n) is 2.44. The molecule has 0 aromatic rings. The van der Waals surface area contributed by atoms with E-state index in [0.29, 0.717) is 19.4 Å². The van der Waals surface area contributed by atoms with E-state index in [1.807, 2.05) is 6.26 Å². The number of nitrogens with zero attached hydrogens (tertiary/aromatic N) is 1. The fourth-order valence-corrected chi connectivity index (χ4v) is 0.860. The molecule has 0 aliphatic heterocycles. The fraction of sp³-hybridized carbons (Fsp3) is 0.714. The van der Waals surface area contributed by atoms with Crippen LogP contribution in [0.3, 0.4) is 0 Å². The molecular weight excluding hydrogens is 190 g/mol. The van der Waals surface area contributed by atoms with Crippen LogP contribution in [0.4, 0.5) is 0 Å². The van der Waals surface area contributed by atoms with E-state index in [0.717, 1.165) is 0 Å². The second kappa shape index (κ2) is 7.88.